The second-order valence-electron chi connectivity index (χ2n) is 16.0. The number of unbranched alkanes of at least 4 members (excludes halogenated alkanes) is 1. The van der Waals surface area contributed by atoms with Crippen LogP contribution in [0.15, 0.2) is 0 Å². The van der Waals surface area contributed by atoms with Crippen LogP contribution in [0.5, 0.6) is 0 Å². The quantitative estimate of drug-likeness (QED) is 0.0493. The zero-order valence-electron chi connectivity index (χ0n) is 36.6. The standard InChI is InChI=1S/C15H34O3Si2.C9H18O3.C8H16O3.C7H14O2/c1-7-9-12-19-18-20(5,6)13-10-11-17-14(16)15(3,4)8-2;1-5-9(2,3)8(10)12-7-6-11-4;1-4-8(2,3)7(10)11-6-5-9;1-5-7(2,3)6(8)9-4/h7-13,19H2,1-6H3;5-7H2,1-4H3;9H,4-6H2,1-3H3;5H2,1-4H3. The predicted octanol–water partition coefficient (Wildman–Crippen LogP) is 8.05. The monoisotopic (exact) mass is 783 g/mol. The van der Waals surface area contributed by atoms with Gasteiger partial charge >= 0.3 is 23.9 Å². The zero-order chi connectivity index (χ0) is 41.7. The van der Waals surface area contributed by atoms with E-state index in [9.17, 15) is 19.2 Å². The number of carbonyl (C=O) groups excluding carboxylic acids is 4. The van der Waals surface area contributed by atoms with Gasteiger partial charge in [-0.2, -0.15) is 0 Å². The van der Waals surface area contributed by atoms with Gasteiger partial charge in [-0.05, 0) is 113 Å². The lowest BCUT2D eigenvalue weighted by atomic mass is 9.91. The molecule has 0 amide bonds. The Morgan fingerprint density at radius 2 is 0.962 bits per heavy atom. The van der Waals surface area contributed by atoms with Gasteiger partial charge < -0.3 is 32.9 Å². The van der Waals surface area contributed by atoms with Crippen LogP contribution in [0.3, 0.4) is 0 Å². The molecule has 0 aromatic heterocycles. The van der Waals surface area contributed by atoms with Gasteiger partial charge in [0.05, 0.1) is 48.6 Å². The third-order valence-electron chi connectivity index (χ3n) is 9.17. The lowest BCUT2D eigenvalue weighted by Gasteiger charge is -2.24. The Bertz CT molecular complexity index is 949. The Kier molecular flexibility index (Phi) is 33.4. The smallest absolute Gasteiger partial charge is 0.311 e. The fourth-order valence-corrected chi connectivity index (χ4v) is 8.30. The normalized spacial score (nSPS) is 12.0. The summed E-state index contributed by atoms with van der Waals surface area (Å²) >= 11 is 0. The minimum atomic E-state index is -1.51. The van der Waals surface area contributed by atoms with Crippen molar-refractivity contribution in [1.82, 2.24) is 0 Å². The highest BCUT2D eigenvalue weighted by atomic mass is 28.4. The maximum absolute atomic E-state index is 11.8. The first kappa shape index (κ1) is 56.9. The van der Waals surface area contributed by atoms with Crippen molar-refractivity contribution in [3.63, 3.8) is 0 Å². The van der Waals surface area contributed by atoms with Gasteiger partial charge in [0.15, 0.2) is 8.32 Å². The molecule has 0 radical (unpaired) electrons. The third-order valence-corrected chi connectivity index (χ3v) is 15.5. The van der Waals surface area contributed by atoms with Crippen molar-refractivity contribution < 1.29 is 52.1 Å². The Labute approximate surface area is 322 Å². The molecule has 0 rings (SSSR count). The second kappa shape index (κ2) is 30.5. The first-order valence-electron chi connectivity index (χ1n) is 19.2. The number of ether oxygens (including phenoxy) is 5. The lowest BCUT2D eigenvalue weighted by molar-refractivity contribution is -0.156. The van der Waals surface area contributed by atoms with Gasteiger partial charge in [-0.3, -0.25) is 19.2 Å². The van der Waals surface area contributed by atoms with Gasteiger partial charge in [-0.1, -0.05) is 47.5 Å². The molecule has 0 bridgehead atoms. The number of hydrogen-bond acceptors (Lipinski definition) is 11. The largest absolute Gasteiger partial charge is 0.469 e. The highest BCUT2D eigenvalue weighted by Gasteiger charge is 2.29. The zero-order valence-corrected chi connectivity index (χ0v) is 39.1. The van der Waals surface area contributed by atoms with Crippen molar-refractivity contribution in [2.45, 2.75) is 160 Å². The van der Waals surface area contributed by atoms with Crippen molar-refractivity contribution in [2.24, 2.45) is 21.7 Å². The van der Waals surface area contributed by atoms with E-state index < -0.39 is 13.7 Å². The molecule has 13 heteroatoms. The first-order chi connectivity index (χ1) is 23.9. The summed E-state index contributed by atoms with van der Waals surface area (Å²) in [5, 5.41) is 8.38. The molecular weight excluding hydrogens is 701 g/mol. The van der Waals surface area contributed by atoms with Crippen molar-refractivity contribution in [3.05, 3.63) is 0 Å². The van der Waals surface area contributed by atoms with Crippen LogP contribution >= 0.6 is 0 Å². The molecule has 52 heavy (non-hydrogen) atoms. The molecule has 0 aliphatic carbocycles. The molecular formula is C39H82O11Si2. The lowest BCUT2D eigenvalue weighted by Crippen LogP contribution is -2.32. The Morgan fingerprint density at radius 1 is 0.577 bits per heavy atom. The Balaban J connectivity index is -0.000000312. The summed E-state index contributed by atoms with van der Waals surface area (Å²) in [5.74, 6) is -0.598. The van der Waals surface area contributed by atoms with Gasteiger partial charge in [0, 0.05) is 7.11 Å². The van der Waals surface area contributed by atoms with E-state index in [4.69, 9.17) is 28.2 Å². The maximum Gasteiger partial charge on any atom is 0.311 e. The number of esters is 4. The number of aliphatic hydroxyl groups excluding tert-OH is 1. The van der Waals surface area contributed by atoms with E-state index in [1.807, 2.05) is 83.1 Å². The van der Waals surface area contributed by atoms with Crippen LogP contribution in [0, 0.1) is 21.7 Å². The molecule has 0 aromatic carbocycles. The second-order valence-corrected chi connectivity index (χ2v) is 22.3. The fourth-order valence-electron chi connectivity index (χ4n) is 3.23. The maximum atomic E-state index is 11.8. The Hall–Kier alpha value is -1.81. The van der Waals surface area contributed by atoms with Crippen LogP contribution in [0.25, 0.3) is 0 Å². The molecule has 11 nitrogen and oxygen atoms in total. The van der Waals surface area contributed by atoms with E-state index in [1.165, 1.54) is 26.0 Å². The number of methoxy groups -OCH3 is 2. The molecule has 0 heterocycles. The molecule has 0 saturated carbocycles. The molecule has 0 aliphatic heterocycles. The average molecular weight is 783 g/mol. The summed E-state index contributed by atoms with van der Waals surface area (Å²) in [6.07, 6.45) is 6.68. The van der Waals surface area contributed by atoms with Crippen LogP contribution in [0.4, 0.5) is 0 Å². The third kappa shape index (κ3) is 29.6. The van der Waals surface area contributed by atoms with Crippen molar-refractivity contribution in [3.8, 4) is 0 Å². The Morgan fingerprint density at radius 3 is 1.29 bits per heavy atom. The number of aliphatic hydroxyl groups is 1. The number of carbonyl (C=O) groups is 4. The fraction of sp³-hybridized carbons (Fsp3) is 0.897. The number of hydrogen-bond donors (Lipinski definition) is 1. The molecule has 312 valence electrons. The summed E-state index contributed by atoms with van der Waals surface area (Å²) in [6.45, 7) is 31.1. The van der Waals surface area contributed by atoms with E-state index >= 15 is 0 Å². The van der Waals surface area contributed by atoms with Gasteiger partial charge in [-0.25, -0.2) is 0 Å². The molecule has 0 aliphatic rings. The van der Waals surface area contributed by atoms with Crippen molar-refractivity contribution in [2.75, 3.05) is 47.3 Å². The summed E-state index contributed by atoms with van der Waals surface area (Å²) < 4.78 is 30.6. The molecule has 0 saturated heterocycles. The summed E-state index contributed by atoms with van der Waals surface area (Å²) in [5.41, 5.74) is -1.45. The van der Waals surface area contributed by atoms with Gasteiger partial charge in [-0.15, -0.1) is 0 Å². The van der Waals surface area contributed by atoms with E-state index in [0.29, 0.717) is 19.8 Å². The molecule has 0 fully saturated rings. The van der Waals surface area contributed by atoms with Crippen LogP contribution in [0.2, 0.25) is 25.2 Å². The van der Waals surface area contributed by atoms with E-state index in [1.54, 1.807) is 7.11 Å². The average Bonchev–Trinajstić information content (AvgIpc) is 3.11. The van der Waals surface area contributed by atoms with E-state index in [-0.39, 0.29) is 63.1 Å². The highest BCUT2D eigenvalue weighted by molar-refractivity contribution is 6.75. The summed E-state index contributed by atoms with van der Waals surface area (Å²) in [4.78, 5) is 45.1. The van der Waals surface area contributed by atoms with E-state index in [2.05, 4.69) is 24.8 Å². The minimum absolute atomic E-state index is 0.0716. The minimum Gasteiger partial charge on any atom is -0.469 e. The van der Waals surface area contributed by atoms with Crippen LogP contribution in [0.1, 0.15) is 135 Å². The van der Waals surface area contributed by atoms with Crippen molar-refractivity contribution in [1.29, 1.82) is 0 Å². The van der Waals surface area contributed by atoms with Crippen LogP contribution < -0.4 is 0 Å². The molecule has 0 aromatic rings. The molecule has 1 N–H and O–H groups in total. The van der Waals surface area contributed by atoms with E-state index in [0.717, 1.165) is 38.1 Å². The van der Waals surface area contributed by atoms with Crippen LogP contribution in [-0.2, 0) is 47.0 Å². The topological polar surface area (TPSA) is 144 Å². The highest BCUT2D eigenvalue weighted by Crippen LogP contribution is 2.23. The van der Waals surface area contributed by atoms with Crippen LogP contribution in [-0.4, -0.2) is 94.3 Å². The molecule has 0 spiro atoms. The summed E-state index contributed by atoms with van der Waals surface area (Å²) in [6, 6.07) is 2.39. The first-order valence-corrected chi connectivity index (χ1v) is 23.9. The molecule has 0 unspecified atom stereocenters. The van der Waals surface area contributed by atoms with Gasteiger partial charge in [0.25, 0.3) is 0 Å². The van der Waals surface area contributed by atoms with Gasteiger partial charge in [0.2, 0.25) is 0 Å². The SMILES string of the molecule is CCC(C)(C)C(=O)OC.CCC(C)(C)C(=O)OCCO.CCC(C)(C)C(=O)OCCOC.CCCC[SiH2]O[Si](C)(C)CCCOC(=O)C(C)(C)CC. The predicted molar refractivity (Wildman–Crippen MR) is 216 cm³/mol. The molecule has 0 atom stereocenters. The number of rotatable bonds is 22. The van der Waals surface area contributed by atoms with Crippen molar-refractivity contribution >= 4 is 42.0 Å². The summed E-state index contributed by atoms with van der Waals surface area (Å²) in [7, 11) is 1.16. The van der Waals surface area contributed by atoms with Gasteiger partial charge in [0.1, 0.15) is 23.0 Å².